The van der Waals surface area contributed by atoms with Gasteiger partial charge in [-0.2, -0.15) is 4.31 Å². The standard InChI is InChI=1S/C11H19NO4S/c1-2-16-11(13)7-12(10-5-6-10)17(14,15)8-9-3-4-9/h9-10H,2-8H2,1H3. The van der Waals surface area contributed by atoms with Crippen LogP contribution in [0.4, 0.5) is 0 Å². The summed E-state index contributed by atoms with van der Waals surface area (Å²) in [6.45, 7) is 1.89. The van der Waals surface area contributed by atoms with Crippen molar-refractivity contribution < 1.29 is 17.9 Å². The Morgan fingerprint density at radius 3 is 2.41 bits per heavy atom. The quantitative estimate of drug-likeness (QED) is 0.635. The third-order valence-electron chi connectivity index (χ3n) is 3.04. The van der Waals surface area contributed by atoms with E-state index in [1.807, 2.05) is 0 Å². The Hall–Kier alpha value is -0.620. The van der Waals surface area contributed by atoms with Crippen molar-refractivity contribution >= 4 is 16.0 Å². The van der Waals surface area contributed by atoms with Crippen LogP contribution < -0.4 is 0 Å². The number of carbonyl (C=O) groups is 1. The van der Waals surface area contributed by atoms with Gasteiger partial charge in [0.25, 0.3) is 0 Å². The van der Waals surface area contributed by atoms with E-state index in [1.165, 1.54) is 4.31 Å². The van der Waals surface area contributed by atoms with Crippen LogP contribution in [-0.2, 0) is 19.6 Å². The molecule has 17 heavy (non-hydrogen) atoms. The Labute approximate surface area is 102 Å². The molecule has 5 nitrogen and oxygen atoms in total. The van der Waals surface area contributed by atoms with Gasteiger partial charge in [0.05, 0.1) is 12.4 Å². The molecule has 2 aliphatic carbocycles. The number of nitrogens with zero attached hydrogens (tertiary/aromatic N) is 1. The minimum absolute atomic E-state index is 0.0307. The van der Waals surface area contributed by atoms with Gasteiger partial charge in [-0.3, -0.25) is 4.79 Å². The van der Waals surface area contributed by atoms with E-state index in [0.717, 1.165) is 25.7 Å². The molecule has 0 saturated heterocycles. The molecule has 6 heteroatoms. The van der Waals surface area contributed by atoms with Crippen LogP contribution in [0.3, 0.4) is 0 Å². The molecular weight excluding hydrogens is 242 g/mol. The van der Waals surface area contributed by atoms with Crippen molar-refractivity contribution in [3.8, 4) is 0 Å². The summed E-state index contributed by atoms with van der Waals surface area (Å²) < 4.78 is 30.4. The van der Waals surface area contributed by atoms with Crippen LogP contribution in [0.5, 0.6) is 0 Å². The molecule has 0 aromatic carbocycles. The molecule has 0 heterocycles. The van der Waals surface area contributed by atoms with Crippen LogP contribution in [0.25, 0.3) is 0 Å². The van der Waals surface area contributed by atoms with Crippen molar-refractivity contribution in [3.63, 3.8) is 0 Å². The van der Waals surface area contributed by atoms with Crippen molar-refractivity contribution in [1.82, 2.24) is 4.31 Å². The minimum atomic E-state index is -3.28. The SMILES string of the molecule is CCOC(=O)CN(C1CC1)S(=O)(=O)CC1CC1. The summed E-state index contributed by atoms with van der Waals surface area (Å²) in [5.74, 6) is 0.0605. The van der Waals surface area contributed by atoms with Crippen LogP contribution >= 0.6 is 0 Å². The molecule has 0 amide bonds. The van der Waals surface area contributed by atoms with E-state index < -0.39 is 16.0 Å². The lowest BCUT2D eigenvalue weighted by Gasteiger charge is -2.20. The fourth-order valence-electron chi connectivity index (χ4n) is 1.83. The number of hydrogen-bond acceptors (Lipinski definition) is 4. The van der Waals surface area contributed by atoms with Crippen LogP contribution in [0.1, 0.15) is 32.6 Å². The number of carbonyl (C=O) groups excluding carboxylic acids is 1. The van der Waals surface area contributed by atoms with E-state index in [2.05, 4.69) is 0 Å². The Morgan fingerprint density at radius 1 is 1.29 bits per heavy atom. The predicted molar refractivity (Wildman–Crippen MR) is 62.9 cm³/mol. The zero-order chi connectivity index (χ0) is 12.5. The lowest BCUT2D eigenvalue weighted by atomic mass is 10.5. The van der Waals surface area contributed by atoms with Gasteiger partial charge in [-0.05, 0) is 38.5 Å². The molecular formula is C11H19NO4S. The third kappa shape index (κ3) is 3.67. The molecule has 2 aliphatic rings. The average Bonchev–Trinajstić information content (AvgIpc) is 3.07. The molecule has 0 aromatic rings. The van der Waals surface area contributed by atoms with Gasteiger partial charge in [-0.15, -0.1) is 0 Å². The maximum absolute atomic E-state index is 12.1. The Balaban J connectivity index is 1.97. The lowest BCUT2D eigenvalue weighted by Crippen LogP contribution is -2.39. The fraction of sp³-hybridized carbons (Fsp3) is 0.909. The molecule has 0 aromatic heterocycles. The number of rotatable bonds is 7. The first-order valence-electron chi connectivity index (χ1n) is 6.18. The Morgan fingerprint density at radius 2 is 1.94 bits per heavy atom. The van der Waals surface area contributed by atoms with Crippen molar-refractivity contribution in [2.24, 2.45) is 5.92 Å². The van der Waals surface area contributed by atoms with E-state index in [4.69, 9.17) is 4.74 Å². The summed E-state index contributed by atoms with van der Waals surface area (Å²) in [4.78, 5) is 11.4. The average molecular weight is 261 g/mol. The third-order valence-corrected chi connectivity index (χ3v) is 5.08. The number of ether oxygens (including phenoxy) is 1. The molecule has 2 fully saturated rings. The second kappa shape index (κ2) is 4.94. The molecule has 0 N–H and O–H groups in total. The summed E-state index contributed by atoms with van der Waals surface area (Å²) in [6.07, 6.45) is 3.72. The normalized spacial score (nSPS) is 20.6. The summed E-state index contributed by atoms with van der Waals surface area (Å²) in [5.41, 5.74) is 0. The highest BCUT2D eigenvalue weighted by molar-refractivity contribution is 7.89. The molecule has 2 rings (SSSR count). The zero-order valence-corrected chi connectivity index (χ0v) is 10.9. The van der Waals surface area contributed by atoms with Gasteiger partial charge in [-0.25, -0.2) is 8.42 Å². The highest BCUT2D eigenvalue weighted by Gasteiger charge is 2.41. The van der Waals surface area contributed by atoms with Crippen LogP contribution in [-0.4, -0.2) is 43.6 Å². The molecule has 98 valence electrons. The molecule has 0 radical (unpaired) electrons. The minimum Gasteiger partial charge on any atom is -0.465 e. The second-order valence-electron chi connectivity index (χ2n) is 4.80. The summed E-state index contributed by atoms with van der Waals surface area (Å²) in [7, 11) is -3.28. The van der Waals surface area contributed by atoms with Gasteiger partial charge in [0.2, 0.25) is 10.0 Å². The smallest absolute Gasteiger partial charge is 0.321 e. The van der Waals surface area contributed by atoms with Crippen molar-refractivity contribution in [1.29, 1.82) is 0 Å². The van der Waals surface area contributed by atoms with E-state index >= 15 is 0 Å². The van der Waals surface area contributed by atoms with E-state index in [-0.39, 0.29) is 18.3 Å². The molecule has 0 unspecified atom stereocenters. The summed E-state index contributed by atoms with van der Waals surface area (Å²) in [5, 5.41) is 0. The first-order chi connectivity index (χ1) is 8.03. The van der Waals surface area contributed by atoms with Gasteiger partial charge in [-0.1, -0.05) is 0 Å². The van der Waals surface area contributed by atoms with Crippen molar-refractivity contribution in [3.05, 3.63) is 0 Å². The molecule has 0 atom stereocenters. The van der Waals surface area contributed by atoms with Crippen LogP contribution in [0.2, 0.25) is 0 Å². The van der Waals surface area contributed by atoms with Crippen molar-refractivity contribution in [2.75, 3.05) is 18.9 Å². The first-order valence-corrected chi connectivity index (χ1v) is 7.79. The fourth-order valence-corrected chi connectivity index (χ4v) is 3.92. The molecule has 2 saturated carbocycles. The first kappa shape index (κ1) is 12.8. The number of hydrogen-bond donors (Lipinski definition) is 0. The van der Waals surface area contributed by atoms with Crippen LogP contribution in [0, 0.1) is 5.92 Å². The van der Waals surface area contributed by atoms with Gasteiger partial charge in [0.15, 0.2) is 0 Å². The van der Waals surface area contributed by atoms with Crippen LogP contribution in [0.15, 0.2) is 0 Å². The Bertz CT molecular complexity index is 384. The molecule has 0 spiro atoms. The summed E-state index contributed by atoms with van der Waals surface area (Å²) >= 11 is 0. The van der Waals surface area contributed by atoms with Gasteiger partial charge < -0.3 is 4.74 Å². The van der Waals surface area contributed by atoms with E-state index in [9.17, 15) is 13.2 Å². The van der Waals surface area contributed by atoms with E-state index in [1.54, 1.807) is 6.92 Å². The molecule has 0 bridgehead atoms. The van der Waals surface area contributed by atoms with Gasteiger partial charge in [0.1, 0.15) is 6.54 Å². The summed E-state index contributed by atoms with van der Waals surface area (Å²) in [6, 6.07) is 0.0307. The maximum atomic E-state index is 12.1. The highest BCUT2D eigenvalue weighted by atomic mass is 32.2. The lowest BCUT2D eigenvalue weighted by molar-refractivity contribution is -0.143. The predicted octanol–water partition coefficient (Wildman–Crippen LogP) is 0.754. The second-order valence-corrected chi connectivity index (χ2v) is 6.77. The molecule has 0 aliphatic heterocycles. The monoisotopic (exact) mass is 261 g/mol. The topological polar surface area (TPSA) is 63.7 Å². The highest BCUT2D eigenvalue weighted by Crippen LogP contribution is 2.35. The van der Waals surface area contributed by atoms with E-state index in [0.29, 0.717) is 12.5 Å². The number of sulfonamides is 1. The maximum Gasteiger partial charge on any atom is 0.321 e. The Kier molecular flexibility index (Phi) is 3.73. The van der Waals surface area contributed by atoms with Gasteiger partial charge in [0, 0.05) is 6.04 Å². The number of esters is 1. The largest absolute Gasteiger partial charge is 0.465 e. The van der Waals surface area contributed by atoms with Crippen molar-refractivity contribution in [2.45, 2.75) is 38.6 Å². The zero-order valence-electron chi connectivity index (χ0n) is 10.1. The van der Waals surface area contributed by atoms with Gasteiger partial charge >= 0.3 is 5.97 Å².